The number of thioether (sulfide) groups is 1. The molecule has 3 N–H and O–H groups in total. The number of aromatic nitrogens is 4. The van der Waals surface area contributed by atoms with Crippen LogP contribution in [0.2, 0.25) is 0 Å². The maximum Gasteiger partial charge on any atom is 0.229 e. The lowest BCUT2D eigenvalue weighted by Crippen LogP contribution is -2.34. The van der Waals surface area contributed by atoms with Gasteiger partial charge >= 0.3 is 0 Å². The Morgan fingerprint density at radius 3 is 2.68 bits per heavy atom. The molecule has 1 aromatic carbocycles. The van der Waals surface area contributed by atoms with Crippen LogP contribution >= 0.6 is 11.8 Å². The SMILES string of the molecule is CSc1ccc(Nc2ncnc(N3CCC(c4nc(C(C)C)no4)CC3)c2N)c(F)c1. The molecule has 3 heterocycles. The lowest BCUT2D eigenvalue weighted by atomic mass is 9.96. The average molecular weight is 444 g/mol. The van der Waals surface area contributed by atoms with E-state index in [-0.39, 0.29) is 17.7 Å². The molecular weight excluding hydrogens is 417 g/mol. The third-order valence-electron chi connectivity index (χ3n) is 5.41. The highest BCUT2D eigenvalue weighted by Crippen LogP contribution is 2.34. The standard InChI is InChI=1S/C21H26FN7OS/c1-12(2)18-27-21(30-28-18)13-6-8-29(9-7-13)20-17(23)19(24-11-25-20)26-16-5-4-14(31-3)10-15(16)22/h4-5,10-13H,6-9,23H2,1-3H3,(H,24,25,26). The number of anilines is 4. The zero-order valence-corrected chi connectivity index (χ0v) is 18.6. The molecule has 0 radical (unpaired) electrons. The zero-order valence-electron chi connectivity index (χ0n) is 17.8. The number of hydrogen-bond donors (Lipinski definition) is 2. The number of nitrogen functional groups attached to an aromatic ring is 1. The molecule has 8 nitrogen and oxygen atoms in total. The van der Waals surface area contributed by atoms with Gasteiger partial charge in [0.25, 0.3) is 0 Å². The van der Waals surface area contributed by atoms with Gasteiger partial charge in [-0.2, -0.15) is 4.98 Å². The molecule has 3 aromatic rings. The predicted molar refractivity (Wildman–Crippen MR) is 120 cm³/mol. The highest BCUT2D eigenvalue weighted by Gasteiger charge is 2.27. The molecule has 1 aliphatic heterocycles. The van der Waals surface area contributed by atoms with Crippen LogP contribution in [-0.4, -0.2) is 39.5 Å². The Balaban J connectivity index is 1.46. The van der Waals surface area contributed by atoms with Gasteiger partial charge in [-0.25, -0.2) is 14.4 Å². The minimum atomic E-state index is -0.354. The van der Waals surface area contributed by atoms with Crippen LogP contribution in [0.25, 0.3) is 0 Å². The van der Waals surface area contributed by atoms with E-state index in [0.29, 0.717) is 28.9 Å². The number of nitrogens with two attached hydrogens (primary N) is 1. The van der Waals surface area contributed by atoms with Gasteiger partial charge in [0.2, 0.25) is 5.89 Å². The second-order valence-corrected chi connectivity index (χ2v) is 8.72. The number of halogens is 1. The number of hydrogen-bond acceptors (Lipinski definition) is 9. The summed E-state index contributed by atoms with van der Waals surface area (Å²) < 4.78 is 19.8. The Labute approximate surface area is 184 Å². The molecule has 164 valence electrons. The quantitative estimate of drug-likeness (QED) is 0.530. The molecule has 31 heavy (non-hydrogen) atoms. The van der Waals surface area contributed by atoms with E-state index in [0.717, 1.165) is 36.7 Å². The molecule has 0 saturated carbocycles. The van der Waals surface area contributed by atoms with Crippen molar-refractivity contribution in [2.45, 2.75) is 43.4 Å². The second kappa shape index (κ2) is 9.09. The summed E-state index contributed by atoms with van der Waals surface area (Å²) in [6, 6.07) is 5.02. The van der Waals surface area contributed by atoms with Crippen LogP contribution in [-0.2, 0) is 0 Å². The fourth-order valence-electron chi connectivity index (χ4n) is 3.58. The fraction of sp³-hybridized carbons (Fsp3) is 0.429. The number of nitrogens with zero attached hydrogens (tertiary/aromatic N) is 5. The third-order valence-corrected chi connectivity index (χ3v) is 6.14. The van der Waals surface area contributed by atoms with Gasteiger partial charge in [0.05, 0.1) is 5.69 Å². The first-order valence-electron chi connectivity index (χ1n) is 10.3. The van der Waals surface area contributed by atoms with Gasteiger partial charge in [-0.1, -0.05) is 19.0 Å². The summed E-state index contributed by atoms with van der Waals surface area (Å²) in [6.45, 7) is 5.59. The van der Waals surface area contributed by atoms with Gasteiger partial charge in [0.1, 0.15) is 17.8 Å². The zero-order chi connectivity index (χ0) is 22.0. The summed E-state index contributed by atoms with van der Waals surface area (Å²) in [5.74, 6) is 2.59. The Bertz CT molecular complexity index is 1050. The molecule has 10 heteroatoms. The van der Waals surface area contributed by atoms with E-state index in [4.69, 9.17) is 10.3 Å². The minimum absolute atomic E-state index is 0.223. The van der Waals surface area contributed by atoms with Crippen molar-refractivity contribution in [1.29, 1.82) is 0 Å². The van der Waals surface area contributed by atoms with Gasteiger partial charge in [-0.3, -0.25) is 0 Å². The molecule has 4 rings (SSSR count). The van der Waals surface area contributed by atoms with E-state index in [1.54, 1.807) is 6.07 Å². The second-order valence-electron chi connectivity index (χ2n) is 7.84. The summed E-state index contributed by atoms with van der Waals surface area (Å²) in [4.78, 5) is 16.1. The van der Waals surface area contributed by atoms with Gasteiger partial charge < -0.3 is 20.5 Å². The van der Waals surface area contributed by atoms with Crippen molar-refractivity contribution < 1.29 is 8.91 Å². The molecule has 0 aliphatic carbocycles. The molecule has 0 atom stereocenters. The number of benzene rings is 1. The molecule has 1 saturated heterocycles. The number of nitrogens with one attached hydrogen (secondary N) is 1. The van der Waals surface area contributed by atoms with Crippen molar-refractivity contribution >= 4 is 34.8 Å². The van der Waals surface area contributed by atoms with E-state index in [1.165, 1.54) is 24.2 Å². The lowest BCUT2D eigenvalue weighted by molar-refractivity contribution is 0.326. The van der Waals surface area contributed by atoms with E-state index < -0.39 is 0 Å². The monoisotopic (exact) mass is 443 g/mol. The van der Waals surface area contributed by atoms with Crippen molar-refractivity contribution in [3.05, 3.63) is 42.1 Å². The molecule has 2 aromatic heterocycles. The number of piperidine rings is 1. The van der Waals surface area contributed by atoms with Crippen LogP contribution in [0.4, 0.5) is 27.4 Å². The summed E-state index contributed by atoms with van der Waals surface area (Å²) in [5, 5.41) is 7.07. The van der Waals surface area contributed by atoms with Crippen LogP contribution in [0, 0.1) is 5.82 Å². The van der Waals surface area contributed by atoms with Crippen molar-refractivity contribution in [2.75, 3.05) is 35.3 Å². The highest BCUT2D eigenvalue weighted by atomic mass is 32.2. The van der Waals surface area contributed by atoms with Gasteiger partial charge in [0, 0.05) is 29.8 Å². The van der Waals surface area contributed by atoms with E-state index in [2.05, 4.69) is 30.3 Å². The summed E-state index contributed by atoms with van der Waals surface area (Å²) in [5.41, 5.74) is 7.08. The Morgan fingerprint density at radius 2 is 2.03 bits per heavy atom. The lowest BCUT2D eigenvalue weighted by Gasteiger charge is -2.32. The average Bonchev–Trinajstić information content (AvgIpc) is 3.27. The number of rotatable bonds is 6. The Morgan fingerprint density at radius 1 is 1.26 bits per heavy atom. The molecule has 0 unspecified atom stereocenters. The molecule has 0 spiro atoms. The normalized spacial score (nSPS) is 14.9. The fourth-order valence-corrected chi connectivity index (χ4v) is 4.00. The first-order chi connectivity index (χ1) is 15.0. The van der Waals surface area contributed by atoms with Gasteiger partial charge in [-0.05, 0) is 37.3 Å². The molecule has 1 aliphatic rings. The summed E-state index contributed by atoms with van der Waals surface area (Å²) >= 11 is 1.48. The molecule has 0 amide bonds. The maximum absolute atomic E-state index is 14.4. The predicted octanol–water partition coefficient (Wildman–Crippen LogP) is 4.55. The van der Waals surface area contributed by atoms with Crippen LogP contribution in [0.3, 0.4) is 0 Å². The maximum atomic E-state index is 14.4. The van der Waals surface area contributed by atoms with Crippen molar-refractivity contribution in [3.8, 4) is 0 Å². The molecule has 1 fully saturated rings. The van der Waals surface area contributed by atoms with Crippen LogP contribution in [0.15, 0.2) is 33.9 Å². The van der Waals surface area contributed by atoms with E-state index in [9.17, 15) is 4.39 Å². The van der Waals surface area contributed by atoms with Crippen molar-refractivity contribution in [2.24, 2.45) is 0 Å². The highest BCUT2D eigenvalue weighted by molar-refractivity contribution is 7.98. The largest absolute Gasteiger partial charge is 0.393 e. The van der Waals surface area contributed by atoms with Crippen molar-refractivity contribution in [1.82, 2.24) is 20.1 Å². The molecule has 0 bridgehead atoms. The van der Waals surface area contributed by atoms with Crippen LogP contribution in [0.1, 0.15) is 50.2 Å². The van der Waals surface area contributed by atoms with Crippen molar-refractivity contribution in [3.63, 3.8) is 0 Å². The van der Waals surface area contributed by atoms with Gasteiger partial charge in [-0.15, -0.1) is 11.8 Å². The van der Waals surface area contributed by atoms with E-state index in [1.807, 2.05) is 26.2 Å². The summed E-state index contributed by atoms with van der Waals surface area (Å²) in [7, 11) is 0. The van der Waals surface area contributed by atoms with E-state index >= 15 is 0 Å². The van der Waals surface area contributed by atoms with Crippen LogP contribution in [0.5, 0.6) is 0 Å². The smallest absolute Gasteiger partial charge is 0.229 e. The van der Waals surface area contributed by atoms with Gasteiger partial charge in [0.15, 0.2) is 17.5 Å². The molecular formula is C21H26FN7OS. The minimum Gasteiger partial charge on any atom is -0.393 e. The topological polar surface area (TPSA) is 106 Å². The summed E-state index contributed by atoms with van der Waals surface area (Å²) in [6.07, 6.45) is 5.07. The Kier molecular flexibility index (Phi) is 6.26. The van der Waals surface area contributed by atoms with Crippen LogP contribution < -0.4 is 16.0 Å². The first-order valence-corrected chi connectivity index (χ1v) is 11.5. The first kappa shape index (κ1) is 21.4. The third kappa shape index (κ3) is 4.58. The Hall–Kier alpha value is -2.88.